The van der Waals surface area contributed by atoms with Crippen LogP contribution in [-0.2, 0) is 11.3 Å². The minimum Gasteiger partial charge on any atom is -0.497 e. The number of aromatic nitrogens is 3. The van der Waals surface area contributed by atoms with E-state index in [9.17, 15) is 14.7 Å². The first-order valence-electron chi connectivity index (χ1n) is 12.6. The van der Waals surface area contributed by atoms with E-state index in [0.29, 0.717) is 50.7 Å². The Labute approximate surface area is 221 Å². The first kappa shape index (κ1) is 25.5. The molecule has 0 bridgehead atoms. The smallest absolute Gasteiger partial charge is 0.326 e. The molecule has 2 aromatic heterocycles. The number of carbonyl (C=O) groups is 2. The van der Waals surface area contributed by atoms with Crippen LogP contribution in [0.25, 0.3) is 11.1 Å². The molecule has 1 spiro atoms. The fourth-order valence-electron chi connectivity index (χ4n) is 5.35. The number of urea groups is 1. The summed E-state index contributed by atoms with van der Waals surface area (Å²) >= 11 is 0. The summed E-state index contributed by atoms with van der Waals surface area (Å²) in [5.41, 5.74) is 2.04. The summed E-state index contributed by atoms with van der Waals surface area (Å²) in [6.07, 6.45) is 3.56. The van der Waals surface area contributed by atoms with E-state index in [-0.39, 0.29) is 11.9 Å². The molecule has 1 aromatic carbocycles. The number of carbonyl (C=O) groups excluding carboxylic acids is 2. The van der Waals surface area contributed by atoms with Gasteiger partial charge in [-0.15, -0.1) is 0 Å². The molecule has 2 saturated heterocycles. The van der Waals surface area contributed by atoms with Crippen LogP contribution in [-0.4, -0.2) is 87.5 Å². The summed E-state index contributed by atoms with van der Waals surface area (Å²) in [7, 11) is 3.16. The van der Waals surface area contributed by atoms with Crippen LogP contribution in [0.5, 0.6) is 11.6 Å². The zero-order valence-corrected chi connectivity index (χ0v) is 21.8. The summed E-state index contributed by atoms with van der Waals surface area (Å²) in [5.74, 6) is 1.32. The predicted molar refractivity (Wildman–Crippen MR) is 140 cm³/mol. The van der Waals surface area contributed by atoms with E-state index in [4.69, 9.17) is 9.47 Å². The van der Waals surface area contributed by atoms with Gasteiger partial charge in [0.05, 0.1) is 32.5 Å². The van der Waals surface area contributed by atoms with Crippen molar-refractivity contribution < 1.29 is 24.2 Å². The molecule has 11 heteroatoms. The lowest BCUT2D eigenvalue weighted by Gasteiger charge is -2.44. The number of hydrogen-bond donors (Lipinski definition) is 2. The summed E-state index contributed by atoms with van der Waals surface area (Å²) in [5, 5.41) is 16.6. The monoisotopic (exact) mass is 520 g/mol. The van der Waals surface area contributed by atoms with Crippen molar-refractivity contribution in [2.45, 2.75) is 38.0 Å². The second kappa shape index (κ2) is 10.3. The standard InChI is InChI=1S/C27H32N6O5/c1-18(34)25(35)31-11-9-27(10-12-31)17-32(26(36)33(27)16-19-5-4-6-21(13-19)37-2)23-8-7-22(24(30-23)38-3)20-14-28-29-15-20/h4-8,13-15,18,34H,9-12,16-17H2,1-3H3,(H,28,29). The van der Waals surface area contributed by atoms with Gasteiger partial charge in [0.1, 0.15) is 17.7 Å². The van der Waals surface area contributed by atoms with Crippen LogP contribution in [0.4, 0.5) is 10.6 Å². The Kier molecular flexibility index (Phi) is 6.94. The number of methoxy groups -OCH3 is 2. The maximum Gasteiger partial charge on any atom is 0.326 e. The van der Waals surface area contributed by atoms with Crippen LogP contribution in [0.2, 0.25) is 0 Å². The van der Waals surface area contributed by atoms with Gasteiger partial charge >= 0.3 is 6.03 Å². The van der Waals surface area contributed by atoms with E-state index < -0.39 is 11.6 Å². The SMILES string of the molecule is COc1cccc(CN2C(=O)N(c3ccc(-c4cn[nH]c4)c(OC)n3)CC23CCN(C(=O)C(C)O)CC3)c1. The lowest BCUT2D eigenvalue weighted by molar-refractivity contribution is -0.141. The highest BCUT2D eigenvalue weighted by atomic mass is 16.5. The number of aromatic amines is 1. The molecule has 200 valence electrons. The van der Waals surface area contributed by atoms with E-state index >= 15 is 0 Å². The third-order valence-corrected chi connectivity index (χ3v) is 7.45. The van der Waals surface area contributed by atoms with E-state index in [1.807, 2.05) is 41.3 Å². The van der Waals surface area contributed by atoms with Gasteiger partial charge in [-0.2, -0.15) is 10.1 Å². The first-order chi connectivity index (χ1) is 18.3. The second-order valence-corrected chi connectivity index (χ2v) is 9.75. The van der Waals surface area contributed by atoms with Crippen molar-refractivity contribution in [3.63, 3.8) is 0 Å². The Morgan fingerprint density at radius 2 is 1.97 bits per heavy atom. The molecule has 2 fully saturated rings. The minimum atomic E-state index is -1.05. The van der Waals surface area contributed by atoms with Crippen LogP contribution in [0.3, 0.4) is 0 Å². The van der Waals surface area contributed by atoms with Crippen LogP contribution >= 0.6 is 0 Å². The number of pyridine rings is 1. The molecule has 5 rings (SSSR count). The topological polar surface area (TPSA) is 124 Å². The maximum atomic E-state index is 14.0. The number of nitrogens with zero attached hydrogens (tertiary/aromatic N) is 5. The van der Waals surface area contributed by atoms with Gasteiger partial charge in [0.25, 0.3) is 5.91 Å². The third kappa shape index (κ3) is 4.65. The van der Waals surface area contributed by atoms with Gasteiger partial charge in [-0.05, 0) is 49.6 Å². The Hall–Kier alpha value is -4.12. The Balaban J connectivity index is 1.47. The molecule has 1 unspecified atom stereocenters. The van der Waals surface area contributed by atoms with E-state index in [1.165, 1.54) is 6.92 Å². The number of rotatable bonds is 7. The normalized spacial score (nSPS) is 17.7. The number of anilines is 1. The van der Waals surface area contributed by atoms with E-state index in [1.54, 1.807) is 36.4 Å². The fraction of sp³-hybridized carbons (Fsp3) is 0.407. The van der Waals surface area contributed by atoms with Crippen molar-refractivity contribution in [2.75, 3.05) is 38.8 Å². The van der Waals surface area contributed by atoms with Crippen molar-refractivity contribution in [1.82, 2.24) is 25.0 Å². The quantitative estimate of drug-likeness (QED) is 0.491. The lowest BCUT2D eigenvalue weighted by Crippen LogP contribution is -2.56. The third-order valence-electron chi connectivity index (χ3n) is 7.45. The first-order valence-corrected chi connectivity index (χ1v) is 12.6. The fourth-order valence-corrected chi connectivity index (χ4v) is 5.35. The highest BCUT2D eigenvalue weighted by molar-refractivity contribution is 5.95. The largest absolute Gasteiger partial charge is 0.497 e. The second-order valence-electron chi connectivity index (χ2n) is 9.75. The zero-order chi connectivity index (χ0) is 26.9. The van der Waals surface area contributed by atoms with Gasteiger partial charge in [-0.1, -0.05) is 12.1 Å². The highest BCUT2D eigenvalue weighted by Crippen LogP contribution is 2.40. The molecular weight excluding hydrogens is 488 g/mol. The number of piperidine rings is 1. The van der Waals surface area contributed by atoms with E-state index in [2.05, 4.69) is 15.2 Å². The van der Waals surface area contributed by atoms with Crippen LogP contribution in [0, 0.1) is 0 Å². The molecule has 0 saturated carbocycles. The molecule has 2 N–H and O–H groups in total. The average molecular weight is 521 g/mol. The molecule has 38 heavy (non-hydrogen) atoms. The number of likely N-dealkylation sites (tertiary alicyclic amines) is 1. The van der Waals surface area contributed by atoms with Crippen molar-refractivity contribution in [3.8, 4) is 22.8 Å². The highest BCUT2D eigenvalue weighted by Gasteiger charge is 2.52. The number of hydrogen-bond acceptors (Lipinski definition) is 7. The van der Waals surface area contributed by atoms with Gasteiger partial charge in [-0.25, -0.2) is 4.79 Å². The molecule has 0 aliphatic carbocycles. The van der Waals surface area contributed by atoms with Crippen molar-refractivity contribution in [1.29, 1.82) is 0 Å². The van der Waals surface area contributed by atoms with Gasteiger partial charge in [0.2, 0.25) is 5.88 Å². The molecule has 1 atom stereocenters. The molecule has 2 aliphatic rings. The minimum absolute atomic E-state index is 0.159. The van der Waals surface area contributed by atoms with Crippen LogP contribution in [0.1, 0.15) is 25.3 Å². The summed E-state index contributed by atoms with van der Waals surface area (Å²) in [6, 6.07) is 11.2. The average Bonchev–Trinajstić information content (AvgIpc) is 3.56. The molecule has 3 aromatic rings. The Morgan fingerprint density at radius 1 is 1.18 bits per heavy atom. The molecule has 0 radical (unpaired) electrons. The summed E-state index contributed by atoms with van der Waals surface area (Å²) in [4.78, 5) is 36.4. The molecule has 2 aliphatic heterocycles. The number of aliphatic hydroxyl groups excluding tert-OH is 1. The summed E-state index contributed by atoms with van der Waals surface area (Å²) < 4.78 is 11.0. The zero-order valence-electron chi connectivity index (χ0n) is 21.8. The number of aliphatic hydroxyl groups is 1. The van der Waals surface area contributed by atoms with Gasteiger partial charge < -0.3 is 24.4 Å². The maximum absolute atomic E-state index is 14.0. The molecule has 3 amide bonds. The van der Waals surface area contributed by atoms with Crippen LogP contribution < -0.4 is 14.4 Å². The number of benzene rings is 1. The van der Waals surface area contributed by atoms with E-state index in [0.717, 1.165) is 22.4 Å². The summed E-state index contributed by atoms with van der Waals surface area (Å²) in [6.45, 7) is 3.20. The van der Waals surface area contributed by atoms with Crippen molar-refractivity contribution in [2.24, 2.45) is 0 Å². The number of ether oxygens (including phenoxy) is 2. The van der Waals surface area contributed by atoms with Gasteiger partial charge in [0.15, 0.2) is 0 Å². The lowest BCUT2D eigenvalue weighted by atomic mass is 9.86. The number of amides is 3. The number of H-pyrrole nitrogens is 1. The molecular formula is C27H32N6O5. The molecule has 11 nitrogen and oxygen atoms in total. The predicted octanol–water partition coefficient (Wildman–Crippen LogP) is 2.67. The van der Waals surface area contributed by atoms with Crippen LogP contribution in [0.15, 0.2) is 48.8 Å². The van der Waals surface area contributed by atoms with Crippen molar-refractivity contribution >= 4 is 17.8 Å². The molecule has 4 heterocycles. The Bertz CT molecular complexity index is 1300. The Morgan fingerprint density at radius 3 is 2.63 bits per heavy atom. The van der Waals surface area contributed by atoms with Gasteiger partial charge in [0, 0.05) is 37.0 Å². The van der Waals surface area contributed by atoms with Gasteiger partial charge in [-0.3, -0.25) is 14.8 Å². The van der Waals surface area contributed by atoms with Crippen molar-refractivity contribution in [3.05, 3.63) is 54.4 Å². The number of nitrogens with one attached hydrogen (secondary N) is 1.